The smallest absolute Gasteiger partial charge is 0.0980 e. The first-order valence-electron chi connectivity index (χ1n) is 3.77. The molecule has 1 aromatic heterocycles. The van der Waals surface area contributed by atoms with Gasteiger partial charge in [-0.15, -0.1) is 5.10 Å². The van der Waals surface area contributed by atoms with Crippen LogP contribution in [-0.4, -0.2) is 32.1 Å². The van der Waals surface area contributed by atoms with E-state index < -0.39 is 6.10 Å². The predicted molar refractivity (Wildman–Crippen MR) is 49.0 cm³/mol. The summed E-state index contributed by atoms with van der Waals surface area (Å²) in [5.41, 5.74) is 0.782. The lowest BCUT2D eigenvalue weighted by atomic mass is 10.2. The summed E-state index contributed by atoms with van der Waals surface area (Å²) in [5.74, 6) is 0.951. The Morgan fingerprint density at radius 2 is 2.50 bits per heavy atom. The molecule has 0 aromatic carbocycles. The lowest BCUT2D eigenvalue weighted by molar-refractivity contribution is 0.165. The Labute approximate surface area is 76.0 Å². The normalized spacial score (nSPS) is 13.2. The fourth-order valence-corrected chi connectivity index (χ4v) is 1.44. The third kappa shape index (κ3) is 2.22. The summed E-state index contributed by atoms with van der Waals surface area (Å²) >= 11 is 1.72. The second kappa shape index (κ2) is 4.47. The minimum Gasteiger partial charge on any atom is -0.387 e. The van der Waals surface area contributed by atoms with Crippen molar-refractivity contribution in [1.29, 1.82) is 0 Å². The molecule has 68 valence electrons. The van der Waals surface area contributed by atoms with Crippen LogP contribution >= 0.6 is 11.8 Å². The number of aliphatic hydroxyl groups excluding tert-OH is 1. The van der Waals surface area contributed by atoms with E-state index in [0.717, 1.165) is 17.9 Å². The van der Waals surface area contributed by atoms with Gasteiger partial charge >= 0.3 is 0 Å². The Bertz CT molecular complexity index is 238. The SMILES string of the molecule is CSCCC(O)c1cnnn1C. The van der Waals surface area contributed by atoms with E-state index in [1.54, 1.807) is 29.7 Å². The molecule has 1 aromatic rings. The van der Waals surface area contributed by atoms with Gasteiger partial charge in [0.15, 0.2) is 0 Å². The Morgan fingerprint density at radius 1 is 1.75 bits per heavy atom. The number of aromatic nitrogens is 3. The molecule has 1 N–H and O–H groups in total. The topological polar surface area (TPSA) is 50.9 Å². The van der Waals surface area contributed by atoms with E-state index in [9.17, 15) is 5.11 Å². The van der Waals surface area contributed by atoms with E-state index in [1.165, 1.54) is 0 Å². The Morgan fingerprint density at radius 3 is 3.00 bits per heavy atom. The maximum atomic E-state index is 9.61. The fraction of sp³-hybridized carbons (Fsp3) is 0.714. The van der Waals surface area contributed by atoms with Crippen LogP contribution in [-0.2, 0) is 7.05 Å². The zero-order valence-corrected chi connectivity index (χ0v) is 8.08. The van der Waals surface area contributed by atoms with Gasteiger partial charge in [-0.2, -0.15) is 11.8 Å². The quantitative estimate of drug-likeness (QED) is 0.750. The third-order valence-electron chi connectivity index (χ3n) is 1.69. The van der Waals surface area contributed by atoms with E-state index in [1.807, 2.05) is 6.26 Å². The highest BCUT2D eigenvalue weighted by Crippen LogP contribution is 2.15. The lowest BCUT2D eigenvalue weighted by Crippen LogP contribution is -2.05. The summed E-state index contributed by atoms with van der Waals surface area (Å²) in [5, 5.41) is 17.0. The van der Waals surface area contributed by atoms with E-state index >= 15 is 0 Å². The van der Waals surface area contributed by atoms with E-state index in [-0.39, 0.29) is 0 Å². The number of nitrogens with zero attached hydrogens (tertiary/aromatic N) is 3. The summed E-state index contributed by atoms with van der Waals surface area (Å²) in [7, 11) is 1.78. The highest BCUT2D eigenvalue weighted by molar-refractivity contribution is 7.98. The van der Waals surface area contributed by atoms with Crippen molar-refractivity contribution in [2.45, 2.75) is 12.5 Å². The number of hydrogen-bond acceptors (Lipinski definition) is 4. The molecule has 0 radical (unpaired) electrons. The Kier molecular flexibility index (Phi) is 3.55. The zero-order valence-electron chi connectivity index (χ0n) is 7.27. The van der Waals surface area contributed by atoms with Crippen molar-refractivity contribution in [2.24, 2.45) is 7.05 Å². The molecular formula is C7H13N3OS. The molecule has 1 atom stereocenters. The van der Waals surface area contributed by atoms with Crippen LogP contribution in [0.1, 0.15) is 18.2 Å². The third-order valence-corrected chi connectivity index (χ3v) is 2.33. The number of aliphatic hydroxyl groups is 1. The van der Waals surface area contributed by atoms with E-state index in [0.29, 0.717) is 0 Å². The van der Waals surface area contributed by atoms with Crippen molar-refractivity contribution in [3.8, 4) is 0 Å². The molecule has 1 rings (SSSR count). The molecule has 1 unspecified atom stereocenters. The van der Waals surface area contributed by atoms with Crippen molar-refractivity contribution in [3.05, 3.63) is 11.9 Å². The first kappa shape index (κ1) is 9.54. The number of aryl methyl sites for hydroxylation is 1. The number of rotatable bonds is 4. The largest absolute Gasteiger partial charge is 0.387 e. The lowest BCUT2D eigenvalue weighted by Gasteiger charge is -2.08. The molecule has 12 heavy (non-hydrogen) atoms. The minimum absolute atomic E-state index is 0.433. The average molecular weight is 187 g/mol. The van der Waals surface area contributed by atoms with Gasteiger partial charge in [-0.1, -0.05) is 5.21 Å². The molecule has 0 aliphatic rings. The van der Waals surface area contributed by atoms with Crippen molar-refractivity contribution < 1.29 is 5.11 Å². The molecule has 0 amide bonds. The average Bonchev–Trinajstić information content (AvgIpc) is 2.47. The second-order valence-corrected chi connectivity index (χ2v) is 3.57. The summed E-state index contributed by atoms with van der Waals surface area (Å²) < 4.78 is 1.60. The van der Waals surface area contributed by atoms with Gasteiger partial charge in [0.1, 0.15) is 0 Å². The maximum absolute atomic E-state index is 9.61. The summed E-state index contributed by atoms with van der Waals surface area (Å²) in [6.07, 6.45) is 3.94. The molecule has 0 bridgehead atoms. The molecule has 0 saturated heterocycles. The van der Waals surface area contributed by atoms with Crippen LogP contribution < -0.4 is 0 Å². The first-order chi connectivity index (χ1) is 5.75. The zero-order chi connectivity index (χ0) is 8.97. The van der Waals surface area contributed by atoms with Crippen LogP contribution in [0.3, 0.4) is 0 Å². The van der Waals surface area contributed by atoms with Crippen LogP contribution in [0.15, 0.2) is 6.20 Å². The van der Waals surface area contributed by atoms with Crippen LogP contribution in [0.25, 0.3) is 0 Å². The molecule has 1 heterocycles. The summed E-state index contributed by atoms with van der Waals surface area (Å²) in [6, 6.07) is 0. The number of hydrogen-bond donors (Lipinski definition) is 1. The Hall–Kier alpha value is -0.550. The van der Waals surface area contributed by atoms with Crippen molar-refractivity contribution in [2.75, 3.05) is 12.0 Å². The standard InChI is InChI=1S/C7H13N3OS/c1-10-6(5-8-9-10)7(11)3-4-12-2/h5,7,11H,3-4H2,1-2H3. The Balaban J connectivity index is 2.52. The fourth-order valence-electron chi connectivity index (χ4n) is 0.977. The molecule has 0 aliphatic heterocycles. The van der Waals surface area contributed by atoms with Gasteiger partial charge in [0.2, 0.25) is 0 Å². The highest BCUT2D eigenvalue weighted by atomic mass is 32.2. The van der Waals surface area contributed by atoms with Crippen LogP contribution in [0.5, 0.6) is 0 Å². The molecule has 5 heteroatoms. The van der Waals surface area contributed by atoms with Crippen molar-refractivity contribution in [1.82, 2.24) is 15.0 Å². The molecule has 4 nitrogen and oxygen atoms in total. The van der Waals surface area contributed by atoms with Gasteiger partial charge in [-0.05, 0) is 18.4 Å². The highest BCUT2D eigenvalue weighted by Gasteiger charge is 2.10. The van der Waals surface area contributed by atoms with Crippen LogP contribution in [0.2, 0.25) is 0 Å². The number of thioether (sulfide) groups is 1. The summed E-state index contributed by atoms with van der Waals surface area (Å²) in [4.78, 5) is 0. The van der Waals surface area contributed by atoms with Gasteiger partial charge in [-0.3, -0.25) is 0 Å². The monoisotopic (exact) mass is 187 g/mol. The molecule has 0 spiro atoms. The minimum atomic E-state index is -0.433. The first-order valence-corrected chi connectivity index (χ1v) is 5.16. The van der Waals surface area contributed by atoms with Gasteiger partial charge in [0.25, 0.3) is 0 Å². The van der Waals surface area contributed by atoms with Crippen LogP contribution in [0, 0.1) is 0 Å². The summed E-state index contributed by atoms with van der Waals surface area (Å²) in [6.45, 7) is 0. The van der Waals surface area contributed by atoms with Gasteiger partial charge in [0.05, 0.1) is 18.0 Å². The molecule has 0 aliphatic carbocycles. The van der Waals surface area contributed by atoms with Crippen molar-refractivity contribution in [3.63, 3.8) is 0 Å². The molecule has 0 fully saturated rings. The predicted octanol–water partition coefficient (Wildman–Crippen LogP) is 0.602. The van der Waals surface area contributed by atoms with Gasteiger partial charge < -0.3 is 5.11 Å². The van der Waals surface area contributed by atoms with Gasteiger partial charge in [0, 0.05) is 7.05 Å². The van der Waals surface area contributed by atoms with E-state index in [2.05, 4.69) is 10.3 Å². The van der Waals surface area contributed by atoms with E-state index in [4.69, 9.17) is 0 Å². The van der Waals surface area contributed by atoms with Gasteiger partial charge in [-0.25, -0.2) is 4.68 Å². The second-order valence-electron chi connectivity index (χ2n) is 2.58. The van der Waals surface area contributed by atoms with Crippen LogP contribution in [0.4, 0.5) is 0 Å². The molecular weight excluding hydrogens is 174 g/mol. The molecule has 0 saturated carbocycles. The maximum Gasteiger partial charge on any atom is 0.0980 e. The van der Waals surface area contributed by atoms with Crippen molar-refractivity contribution >= 4 is 11.8 Å².